The van der Waals surface area contributed by atoms with Crippen molar-refractivity contribution >= 4 is 19.2 Å². The maximum atomic E-state index is 13.4. The number of aromatic nitrogens is 6. The molecule has 0 spiro atoms. The van der Waals surface area contributed by atoms with Gasteiger partial charge >= 0.3 is 5.69 Å². The molecule has 0 bridgehead atoms. The summed E-state index contributed by atoms with van der Waals surface area (Å²) in [5.41, 5.74) is 0.922. The van der Waals surface area contributed by atoms with Crippen molar-refractivity contribution in [1.29, 1.82) is 0 Å². The minimum Gasteiger partial charge on any atom is -0.361 e. The van der Waals surface area contributed by atoms with Gasteiger partial charge in [0.05, 0.1) is 11.8 Å². The topological polar surface area (TPSA) is 88.9 Å². The van der Waals surface area contributed by atoms with E-state index in [1.54, 1.807) is 40.8 Å². The molecule has 9 nitrogen and oxygen atoms in total. The summed E-state index contributed by atoms with van der Waals surface area (Å²) in [4.78, 5) is 30.2. The van der Waals surface area contributed by atoms with E-state index in [9.17, 15) is 14.0 Å². The molecule has 0 saturated heterocycles. The summed E-state index contributed by atoms with van der Waals surface area (Å²) in [5, 5.41) is 4.36. The molecule has 11 heteroatoms. The van der Waals surface area contributed by atoms with E-state index in [1.165, 1.54) is 23.7 Å². The fourth-order valence-electron chi connectivity index (χ4n) is 3.68. The molecule has 0 aliphatic rings. The van der Waals surface area contributed by atoms with E-state index in [0.717, 1.165) is 10.6 Å². The Kier molecular flexibility index (Phi) is 7.10. The van der Waals surface area contributed by atoms with Crippen molar-refractivity contribution in [2.45, 2.75) is 39.0 Å². The average Bonchev–Trinajstić information content (AvgIpc) is 3.43. The highest BCUT2D eigenvalue weighted by Crippen LogP contribution is 2.22. The third kappa shape index (κ3) is 5.40. The molecule has 0 unspecified atom stereocenters. The highest BCUT2D eigenvalue weighted by Gasteiger charge is 2.21. The second-order valence-corrected chi connectivity index (χ2v) is 15.4. The molecule has 4 rings (SSSR count). The number of aryl methyl sites for hydroxylation is 1. The molecule has 0 atom stereocenters. The van der Waals surface area contributed by atoms with Gasteiger partial charge in [0.15, 0.2) is 11.2 Å². The lowest BCUT2D eigenvalue weighted by atomic mass is 10.2. The SMILES string of the molecule is Cn1c(=O)c2c(nc(-c3cnn(CC#Cc4cccc(F)c4)c3)n2COCC[Si](C)(C)C)n(C)c1=O. The van der Waals surface area contributed by atoms with E-state index >= 15 is 0 Å². The fourth-order valence-corrected chi connectivity index (χ4v) is 4.44. The second kappa shape index (κ2) is 10.1. The van der Waals surface area contributed by atoms with Crippen molar-refractivity contribution in [1.82, 2.24) is 28.5 Å². The van der Waals surface area contributed by atoms with Gasteiger partial charge in [-0.2, -0.15) is 5.10 Å². The van der Waals surface area contributed by atoms with Crippen molar-refractivity contribution < 1.29 is 9.13 Å². The van der Waals surface area contributed by atoms with Crippen molar-refractivity contribution in [3.05, 3.63) is 68.9 Å². The van der Waals surface area contributed by atoms with Crippen LogP contribution < -0.4 is 11.2 Å². The number of imidazole rings is 1. The Balaban J connectivity index is 1.68. The monoisotopic (exact) mass is 508 g/mol. The second-order valence-electron chi connectivity index (χ2n) is 9.83. The van der Waals surface area contributed by atoms with Crippen LogP contribution in [0.25, 0.3) is 22.6 Å². The van der Waals surface area contributed by atoms with Gasteiger partial charge in [0.2, 0.25) is 0 Å². The predicted molar refractivity (Wildman–Crippen MR) is 139 cm³/mol. The Labute approximate surface area is 208 Å². The van der Waals surface area contributed by atoms with Gasteiger partial charge in [-0.05, 0) is 24.2 Å². The smallest absolute Gasteiger partial charge is 0.332 e. The molecule has 188 valence electrons. The number of rotatable bonds is 7. The zero-order chi connectivity index (χ0) is 26.0. The molecule has 0 aliphatic carbocycles. The Morgan fingerprint density at radius 1 is 1.14 bits per heavy atom. The Morgan fingerprint density at radius 2 is 1.92 bits per heavy atom. The van der Waals surface area contributed by atoms with Crippen LogP contribution in [0, 0.1) is 17.7 Å². The number of fused-ring (bicyclic) bond motifs is 1. The minimum absolute atomic E-state index is 0.119. The van der Waals surface area contributed by atoms with Gasteiger partial charge in [0.25, 0.3) is 5.56 Å². The summed E-state index contributed by atoms with van der Waals surface area (Å²) in [7, 11) is 1.74. The highest BCUT2D eigenvalue weighted by atomic mass is 28.3. The van der Waals surface area contributed by atoms with Gasteiger partial charge in [-0.25, -0.2) is 14.2 Å². The van der Waals surface area contributed by atoms with Gasteiger partial charge in [-0.3, -0.25) is 23.2 Å². The van der Waals surface area contributed by atoms with E-state index in [2.05, 4.69) is 41.6 Å². The lowest BCUT2D eigenvalue weighted by Crippen LogP contribution is -2.37. The van der Waals surface area contributed by atoms with Crippen LogP contribution in [0.15, 0.2) is 46.2 Å². The normalized spacial score (nSPS) is 11.6. The molecule has 1 aromatic carbocycles. The molecule has 0 amide bonds. The lowest BCUT2D eigenvalue weighted by molar-refractivity contribution is 0.0908. The number of halogens is 1. The number of hydrogen-bond donors (Lipinski definition) is 0. The molecule has 0 radical (unpaired) electrons. The molecule has 0 N–H and O–H groups in total. The Morgan fingerprint density at radius 3 is 2.64 bits per heavy atom. The van der Waals surface area contributed by atoms with Crippen LogP contribution in [0.4, 0.5) is 4.39 Å². The molecule has 36 heavy (non-hydrogen) atoms. The summed E-state index contributed by atoms with van der Waals surface area (Å²) in [6.45, 7) is 7.77. The molecule has 3 aromatic heterocycles. The maximum Gasteiger partial charge on any atom is 0.332 e. The van der Waals surface area contributed by atoms with Gasteiger partial charge in [-0.1, -0.05) is 37.5 Å². The van der Waals surface area contributed by atoms with Crippen molar-refractivity contribution in [3.8, 4) is 23.2 Å². The third-order valence-electron chi connectivity index (χ3n) is 5.75. The summed E-state index contributed by atoms with van der Waals surface area (Å²) < 4.78 is 25.1. The standard InChI is InChI=1S/C25H29FN6O3Si/c1-29-23-21(24(33)30(2)25(29)34)32(17-35-12-13-36(3,4)5)22(28-23)19-15-27-31(16-19)11-7-9-18-8-6-10-20(26)14-18/h6,8,10,14-16H,11-13,17H2,1-5H3. The van der Waals surface area contributed by atoms with Crippen LogP contribution in [0.1, 0.15) is 5.56 Å². The number of benzene rings is 1. The largest absolute Gasteiger partial charge is 0.361 e. The van der Waals surface area contributed by atoms with Crippen molar-refractivity contribution in [3.63, 3.8) is 0 Å². The Bertz CT molecular complexity index is 1600. The van der Waals surface area contributed by atoms with Crippen LogP contribution >= 0.6 is 0 Å². The van der Waals surface area contributed by atoms with E-state index in [-0.39, 0.29) is 24.7 Å². The van der Waals surface area contributed by atoms with E-state index in [4.69, 9.17) is 4.74 Å². The molecular weight excluding hydrogens is 479 g/mol. The summed E-state index contributed by atoms with van der Waals surface area (Å²) in [6.07, 6.45) is 3.40. The first-order chi connectivity index (χ1) is 17.0. The lowest BCUT2D eigenvalue weighted by Gasteiger charge is -2.16. The van der Waals surface area contributed by atoms with Gasteiger partial charge < -0.3 is 4.74 Å². The van der Waals surface area contributed by atoms with E-state index < -0.39 is 19.3 Å². The number of hydrogen-bond acceptors (Lipinski definition) is 5. The van der Waals surface area contributed by atoms with Crippen LogP contribution in [-0.2, 0) is 32.1 Å². The first-order valence-electron chi connectivity index (χ1n) is 11.6. The van der Waals surface area contributed by atoms with E-state index in [0.29, 0.717) is 29.1 Å². The Hall–Kier alpha value is -3.75. The minimum atomic E-state index is -1.29. The van der Waals surface area contributed by atoms with Crippen LogP contribution in [-0.4, -0.2) is 43.1 Å². The fraction of sp³-hybridized carbons (Fsp3) is 0.360. The molecule has 0 aliphatic heterocycles. The van der Waals surface area contributed by atoms with Crippen LogP contribution in [0.2, 0.25) is 25.7 Å². The zero-order valence-corrected chi connectivity index (χ0v) is 22.1. The zero-order valence-electron chi connectivity index (χ0n) is 21.1. The van der Waals surface area contributed by atoms with Crippen molar-refractivity contribution in [2.75, 3.05) is 6.61 Å². The van der Waals surface area contributed by atoms with Crippen LogP contribution in [0.5, 0.6) is 0 Å². The summed E-state index contributed by atoms with van der Waals surface area (Å²) in [5.74, 6) is 6.03. The predicted octanol–water partition coefficient (Wildman–Crippen LogP) is 2.80. The molecule has 0 fully saturated rings. The first kappa shape index (κ1) is 25.3. The van der Waals surface area contributed by atoms with Crippen molar-refractivity contribution in [2.24, 2.45) is 14.1 Å². The average molecular weight is 509 g/mol. The number of ether oxygens (including phenoxy) is 1. The van der Waals surface area contributed by atoms with Crippen LogP contribution in [0.3, 0.4) is 0 Å². The quantitative estimate of drug-likeness (QED) is 0.218. The first-order valence-corrected chi connectivity index (χ1v) is 15.3. The molecular formula is C25H29FN6O3Si. The summed E-state index contributed by atoms with van der Waals surface area (Å²) in [6, 6.07) is 7.07. The third-order valence-corrected chi connectivity index (χ3v) is 7.46. The van der Waals surface area contributed by atoms with E-state index in [1.807, 2.05) is 0 Å². The molecule has 4 aromatic rings. The van der Waals surface area contributed by atoms with Gasteiger partial charge in [0.1, 0.15) is 24.9 Å². The molecule has 3 heterocycles. The maximum absolute atomic E-state index is 13.4. The molecule has 0 saturated carbocycles. The highest BCUT2D eigenvalue weighted by molar-refractivity contribution is 6.76. The summed E-state index contributed by atoms with van der Waals surface area (Å²) >= 11 is 0. The van der Waals surface area contributed by atoms with Gasteiger partial charge in [-0.15, -0.1) is 0 Å². The number of nitrogens with zero attached hydrogens (tertiary/aromatic N) is 6. The van der Waals surface area contributed by atoms with Gasteiger partial charge in [0, 0.05) is 40.5 Å².